The molecule has 0 aromatic carbocycles. The van der Waals surface area contributed by atoms with Gasteiger partial charge in [-0.05, 0) is 70.6 Å². The van der Waals surface area contributed by atoms with Gasteiger partial charge in [-0.15, -0.1) is 0 Å². The van der Waals surface area contributed by atoms with Gasteiger partial charge in [0.05, 0.1) is 18.8 Å². The van der Waals surface area contributed by atoms with Crippen molar-refractivity contribution in [2.45, 2.75) is 154 Å². The summed E-state index contributed by atoms with van der Waals surface area (Å²) in [5.41, 5.74) is 0. The highest BCUT2D eigenvalue weighted by atomic mass is 16.3. The molecule has 0 radical (unpaired) electrons. The summed E-state index contributed by atoms with van der Waals surface area (Å²) in [6.45, 7) is 4.17. The lowest BCUT2D eigenvalue weighted by Crippen LogP contribution is -2.45. The van der Waals surface area contributed by atoms with Crippen LogP contribution in [0.2, 0.25) is 0 Å². The summed E-state index contributed by atoms with van der Waals surface area (Å²) >= 11 is 0. The van der Waals surface area contributed by atoms with Crippen LogP contribution in [0.4, 0.5) is 0 Å². The summed E-state index contributed by atoms with van der Waals surface area (Å²) in [6.07, 6.45) is 42.9. The number of allylic oxidation sites excluding steroid dienone is 9. The van der Waals surface area contributed by atoms with E-state index in [-0.39, 0.29) is 12.5 Å². The van der Waals surface area contributed by atoms with E-state index in [2.05, 4.69) is 67.8 Å². The summed E-state index contributed by atoms with van der Waals surface area (Å²) in [6, 6.07) is -0.652. The molecule has 0 saturated heterocycles. The Kier molecular flexibility index (Phi) is 30.1. The molecule has 0 bridgehead atoms. The van der Waals surface area contributed by atoms with Crippen LogP contribution in [-0.2, 0) is 4.79 Å². The number of unbranched alkanes of at least 4 members (excludes halogenated alkanes) is 13. The fraction of sp³-hybridized carbons (Fsp3) is 0.694. The molecule has 3 N–H and O–H groups in total. The van der Waals surface area contributed by atoms with Crippen LogP contribution in [0.5, 0.6) is 0 Å². The predicted molar refractivity (Wildman–Crippen MR) is 174 cm³/mol. The molecule has 2 atom stereocenters. The zero-order valence-corrected chi connectivity index (χ0v) is 26.1. The van der Waals surface area contributed by atoms with Crippen LogP contribution in [-0.4, -0.2) is 34.9 Å². The van der Waals surface area contributed by atoms with E-state index in [9.17, 15) is 15.0 Å². The molecule has 0 saturated carbocycles. The Morgan fingerprint density at radius 2 is 1.10 bits per heavy atom. The van der Waals surface area contributed by atoms with Gasteiger partial charge in [0.15, 0.2) is 0 Å². The van der Waals surface area contributed by atoms with Crippen molar-refractivity contribution in [2.75, 3.05) is 6.61 Å². The van der Waals surface area contributed by atoms with Crippen molar-refractivity contribution < 1.29 is 15.0 Å². The molecule has 0 aromatic heterocycles. The van der Waals surface area contributed by atoms with E-state index in [4.69, 9.17) is 0 Å². The largest absolute Gasteiger partial charge is 0.394 e. The standard InChI is InChI=1S/C36H63NO3/c1-3-5-7-9-11-13-15-17-18-20-21-23-25-27-29-31-35(39)34(33-38)37-36(40)32-30-28-26-24-22-19-16-14-12-10-8-6-4-2/h8,10,14-17,21,23,29,31,34-35,38-39H,3-7,9,11-13,18-20,22,24-28,30,32-33H2,1-2H3,(H,37,40)/b10-8-,16-14-,17-15+,23-21+,31-29+. The number of rotatable bonds is 28. The van der Waals surface area contributed by atoms with Gasteiger partial charge in [0, 0.05) is 6.42 Å². The zero-order chi connectivity index (χ0) is 29.4. The minimum absolute atomic E-state index is 0.0981. The minimum atomic E-state index is -0.875. The van der Waals surface area contributed by atoms with Gasteiger partial charge in [-0.1, -0.05) is 126 Å². The van der Waals surface area contributed by atoms with Crippen LogP contribution >= 0.6 is 0 Å². The SMILES string of the molecule is CCC/C=C\C/C=C\CCCCCCCC(=O)NC(CO)C(O)/C=C/CC/C=C/CC/C=C/CCCCCCC. The van der Waals surface area contributed by atoms with Gasteiger partial charge in [-0.2, -0.15) is 0 Å². The second-order valence-corrected chi connectivity index (χ2v) is 10.8. The Balaban J connectivity index is 3.80. The smallest absolute Gasteiger partial charge is 0.220 e. The van der Waals surface area contributed by atoms with Crippen LogP contribution in [0.15, 0.2) is 60.8 Å². The summed E-state index contributed by atoms with van der Waals surface area (Å²) in [7, 11) is 0. The van der Waals surface area contributed by atoms with E-state index in [0.29, 0.717) is 6.42 Å². The van der Waals surface area contributed by atoms with Gasteiger partial charge >= 0.3 is 0 Å². The molecular formula is C36H63NO3. The first kappa shape index (κ1) is 38.1. The molecule has 4 heteroatoms. The van der Waals surface area contributed by atoms with Crippen molar-refractivity contribution in [3.63, 3.8) is 0 Å². The Bertz CT molecular complexity index is 692. The van der Waals surface area contributed by atoms with Crippen molar-refractivity contribution in [3.05, 3.63) is 60.8 Å². The van der Waals surface area contributed by atoms with Gasteiger partial charge in [-0.3, -0.25) is 4.79 Å². The Morgan fingerprint density at radius 1 is 0.600 bits per heavy atom. The van der Waals surface area contributed by atoms with Gasteiger partial charge in [0.25, 0.3) is 0 Å². The lowest BCUT2D eigenvalue weighted by atomic mass is 10.1. The fourth-order valence-corrected chi connectivity index (χ4v) is 4.36. The summed E-state index contributed by atoms with van der Waals surface area (Å²) in [5.74, 6) is -0.0981. The molecule has 0 fully saturated rings. The number of carbonyl (C=O) groups excluding carboxylic acids is 1. The number of carbonyl (C=O) groups is 1. The van der Waals surface area contributed by atoms with Crippen LogP contribution < -0.4 is 5.32 Å². The second kappa shape index (κ2) is 31.6. The third-order valence-electron chi connectivity index (χ3n) is 6.93. The van der Waals surface area contributed by atoms with Crippen LogP contribution in [0.1, 0.15) is 142 Å². The highest BCUT2D eigenvalue weighted by Crippen LogP contribution is 2.09. The second-order valence-electron chi connectivity index (χ2n) is 10.8. The fourth-order valence-electron chi connectivity index (χ4n) is 4.36. The maximum absolute atomic E-state index is 12.2. The molecule has 0 aliphatic heterocycles. The third kappa shape index (κ3) is 27.6. The first-order chi connectivity index (χ1) is 19.7. The van der Waals surface area contributed by atoms with Crippen molar-refractivity contribution in [1.29, 1.82) is 0 Å². The van der Waals surface area contributed by atoms with E-state index in [1.165, 1.54) is 64.2 Å². The normalized spacial score (nSPS) is 14.0. The lowest BCUT2D eigenvalue weighted by Gasteiger charge is -2.19. The molecule has 2 unspecified atom stereocenters. The molecule has 0 aliphatic carbocycles. The Morgan fingerprint density at radius 3 is 1.70 bits per heavy atom. The average molecular weight is 558 g/mol. The van der Waals surface area contributed by atoms with Gasteiger partial charge in [0.1, 0.15) is 0 Å². The molecule has 4 nitrogen and oxygen atoms in total. The summed E-state index contributed by atoms with van der Waals surface area (Å²) < 4.78 is 0. The van der Waals surface area contributed by atoms with Crippen molar-refractivity contribution in [3.8, 4) is 0 Å². The maximum Gasteiger partial charge on any atom is 0.220 e. The number of hydrogen-bond donors (Lipinski definition) is 3. The van der Waals surface area contributed by atoms with E-state index < -0.39 is 12.1 Å². The van der Waals surface area contributed by atoms with Crippen molar-refractivity contribution in [2.24, 2.45) is 0 Å². The van der Waals surface area contributed by atoms with Gasteiger partial charge in [0.2, 0.25) is 5.91 Å². The van der Waals surface area contributed by atoms with E-state index >= 15 is 0 Å². The van der Waals surface area contributed by atoms with Crippen LogP contribution in [0.25, 0.3) is 0 Å². The lowest BCUT2D eigenvalue weighted by molar-refractivity contribution is -0.123. The molecule has 0 rings (SSSR count). The van der Waals surface area contributed by atoms with E-state index in [0.717, 1.165) is 57.8 Å². The Hall–Kier alpha value is -1.91. The van der Waals surface area contributed by atoms with Crippen molar-refractivity contribution in [1.82, 2.24) is 5.32 Å². The third-order valence-corrected chi connectivity index (χ3v) is 6.93. The molecule has 40 heavy (non-hydrogen) atoms. The highest BCUT2D eigenvalue weighted by molar-refractivity contribution is 5.76. The average Bonchev–Trinajstić information content (AvgIpc) is 2.96. The first-order valence-corrected chi connectivity index (χ1v) is 16.5. The molecule has 0 aliphatic rings. The monoisotopic (exact) mass is 557 g/mol. The molecular weight excluding hydrogens is 494 g/mol. The first-order valence-electron chi connectivity index (χ1n) is 16.5. The van der Waals surface area contributed by atoms with Crippen molar-refractivity contribution >= 4 is 5.91 Å². The van der Waals surface area contributed by atoms with E-state index in [1.807, 2.05) is 6.08 Å². The summed E-state index contributed by atoms with van der Waals surface area (Å²) in [5, 5.41) is 22.8. The highest BCUT2D eigenvalue weighted by Gasteiger charge is 2.17. The minimum Gasteiger partial charge on any atom is -0.394 e. The molecule has 0 heterocycles. The molecule has 0 spiro atoms. The number of nitrogens with one attached hydrogen (secondary N) is 1. The summed E-state index contributed by atoms with van der Waals surface area (Å²) in [4.78, 5) is 12.2. The van der Waals surface area contributed by atoms with Crippen LogP contribution in [0.3, 0.4) is 0 Å². The predicted octanol–water partition coefficient (Wildman–Crippen LogP) is 9.45. The van der Waals surface area contributed by atoms with Crippen LogP contribution in [0, 0.1) is 0 Å². The van der Waals surface area contributed by atoms with Gasteiger partial charge < -0.3 is 15.5 Å². The molecule has 0 aromatic rings. The number of amides is 1. The number of aliphatic hydroxyl groups is 2. The number of aliphatic hydroxyl groups excluding tert-OH is 2. The molecule has 230 valence electrons. The zero-order valence-electron chi connectivity index (χ0n) is 26.1. The van der Waals surface area contributed by atoms with E-state index in [1.54, 1.807) is 6.08 Å². The quantitative estimate of drug-likeness (QED) is 0.0663. The Labute approximate surface area is 247 Å². The van der Waals surface area contributed by atoms with Gasteiger partial charge in [-0.25, -0.2) is 0 Å². The topological polar surface area (TPSA) is 69.6 Å². The molecule has 1 amide bonds. The number of hydrogen-bond acceptors (Lipinski definition) is 3. The maximum atomic E-state index is 12.2.